The van der Waals surface area contributed by atoms with Crippen molar-refractivity contribution in [2.45, 2.75) is 30.7 Å². The molecule has 1 amide bonds. The number of para-hydroxylation sites is 1. The van der Waals surface area contributed by atoms with Crippen LogP contribution in [0.15, 0.2) is 59.6 Å². The summed E-state index contributed by atoms with van der Waals surface area (Å²) in [5.41, 5.74) is 3.17. The summed E-state index contributed by atoms with van der Waals surface area (Å²) >= 11 is 1.48. The number of carbonyl (C=O) groups is 1. The van der Waals surface area contributed by atoms with Gasteiger partial charge in [-0.1, -0.05) is 42.1 Å². The van der Waals surface area contributed by atoms with E-state index >= 15 is 0 Å². The second kappa shape index (κ2) is 8.23. The van der Waals surface area contributed by atoms with E-state index < -0.39 is 0 Å². The van der Waals surface area contributed by atoms with Crippen molar-refractivity contribution in [3.8, 4) is 5.75 Å². The molecule has 3 rings (SSSR count). The summed E-state index contributed by atoms with van der Waals surface area (Å²) in [7, 11) is 1.64. The Bertz CT molecular complexity index is 910. The third-order valence-corrected chi connectivity index (χ3v) is 5.21. The maximum Gasteiger partial charge on any atom is 0.233 e. The number of methoxy groups -OCH3 is 1. The molecule has 0 fully saturated rings. The second-order valence-electron chi connectivity index (χ2n) is 6.12. The number of hydrogen-bond acceptors (Lipinski definition) is 4. The summed E-state index contributed by atoms with van der Waals surface area (Å²) in [4.78, 5) is 17.1. The van der Waals surface area contributed by atoms with E-state index in [2.05, 4.69) is 23.3 Å². The maximum absolute atomic E-state index is 12.4. The molecular formula is C21H22N2O2S. The zero-order valence-electron chi connectivity index (χ0n) is 15.2. The van der Waals surface area contributed by atoms with Crippen molar-refractivity contribution in [1.82, 2.24) is 10.3 Å². The minimum absolute atomic E-state index is 0.00145. The van der Waals surface area contributed by atoms with Gasteiger partial charge < -0.3 is 10.1 Å². The van der Waals surface area contributed by atoms with Gasteiger partial charge in [-0.25, -0.2) is 4.98 Å². The first-order chi connectivity index (χ1) is 12.6. The van der Waals surface area contributed by atoms with E-state index in [1.54, 1.807) is 7.11 Å². The number of hydrogen-bond donors (Lipinski definition) is 1. The van der Waals surface area contributed by atoms with Crippen LogP contribution in [0.5, 0.6) is 5.75 Å². The van der Waals surface area contributed by atoms with E-state index in [4.69, 9.17) is 4.74 Å². The van der Waals surface area contributed by atoms with Crippen LogP contribution in [0.2, 0.25) is 0 Å². The number of nitrogens with one attached hydrogen (secondary N) is 1. The molecule has 0 aliphatic heterocycles. The number of rotatable bonds is 6. The second-order valence-corrected chi connectivity index (χ2v) is 7.48. The number of pyridine rings is 1. The molecule has 1 heterocycles. The minimum Gasteiger partial charge on any atom is -0.497 e. The number of aryl methyl sites for hydroxylation is 1. The van der Waals surface area contributed by atoms with Gasteiger partial charge in [0.15, 0.2) is 0 Å². The highest BCUT2D eigenvalue weighted by Gasteiger charge is 2.15. The fourth-order valence-corrected chi connectivity index (χ4v) is 3.64. The SMILES string of the molecule is COc1ccc(CNC(=O)[C@@H](C)Sc2cc(C)c3ccccc3n2)cc1. The Morgan fingerprint density at radius 2 is 1.92 bits per heavy atom. The zero-order chi connectivity index (χ0) is 18.5. The molecule has 0 bridgehead atoms. The number of benzene rings is 2. The van der Waals surface area contributed by atoms with Crippen LogP contribution in [-0.4, -0.2) is 23.3 Å². The van der Waals surface area contributed by atoms with Crippen LogP contribution >= 0.6 is 11.8 Å². The third kappa shape index (κ3) is 4.35. The summed E-state index contributed by atoms with van der Waals surface area (Å²) in [6.45, 7) is 4.47. The number of carbonyl (C=O) groups excluding carboxylic acids is 1. The molecule has 1 aromatic heterocycles. The first-order valence-corrected chi connectivity index (χ1v) is 9.38. The predicted octanol–water partition coefficient (Wildman–Crippen LogP) is 4.35. The number of aromatic nitrogens is 1. The third-order valence-electron chi connectivity index (χ3n) is 4.19. The largest absolute Gasteiger partial charge is 0.497 e. The molecule has 1 atom stereocenters. The molecule has 1 N–H and O–H groups in total. The van der Waals surface area contributed by atoms with Crippen LogP contribution < -0.4 is 10.1 Å². The lowest BCUT2D eigenvalue weighted by Gasteiger charge is -2.13. The average Bonchev–Trinajstić information content (AvgIpc) is 2.66. The minimum atomic E-state index is -0.221. The van der Waals surface area contributed by atoms with Crippen LogP contribution in [0.4, 0.5) is 0 Å². The fourth-order valence-electron chi connectivity index (χ4n) is 2.69. The number of fused-ring (bicyclic) bond motifs is 1. The molecule has 0 radical (unpaired) electrons. The van der Waals surface area contributed by atoms with Gasteiger partial charge in [0.25, 0.3) is 0 Å². The summed E-state index contributed by atoms with van der Waals surface area (Å²) in [6, 6.07) is 17.8. The van der Waals surface area contributed by atoms with Gasteiger partial charge in [0.2, 0.25) is 5.91 Å². The molecule has 0 saturated carbocycles. The number of ether oxygens (including phenoxy) is 1. The zero-order valence-corrected chi connectivity index (χ0v) is 16.0. The van der Waals surface area contributed by atoms with Crippen LogP contribution in [0, 0.1) is 6.92 Å². The molecule has 5 heteroatoms. The van der Waals surface area contributed by atoms with Gasteiger partial charge in [0.1, 0.15) is 5.75 Å². The Morgan fingerprint density at radius 3 is 2.65 bits per heavy atom. The topological polar surface area (TPSA) is 51.2 Å². The van der Waals surface area contributed by atoms with Crippen LogP contribution in [0.3, 0.4) is 0 Å². The molecule has 26 heavy (non-hydrogen) atoms. The average molecular weight is 366 g/mol. The molecule has 134 valence electrons. The van der Waals surface area contributed by atoms with Gasteiger partial charge in [-0.2, -0.15) is 0 Å². The van der Waals surface area contributed by atoms with Crippen LogP contribution in [0.25, 0.3) is 10.9 Å². The van der Waals surface area contributed by atoms with E-state index in [-0.39, 0.29) is 11.2 Å². The van der Waals surface area contributed by atoms with Crippen LogP contribution in [-0.2, 0) is 11.3 Å². The van der Waals surface area contributed by atoms with Crippen molar-refractivity contribution < 1.29 is 9.53 Å². The molecule has 2 aromatic carbocycles. The Labute approximate surface area is 158 Å². The number of amides is 1. The van der Waals surface area contributed by atoms with Gasteiger partial charge >= 0.3 is 0 Å². The standard InChI is InChI=1S/C21H22N2O2S/c1-14-12-20(23-19-7-5-4-6-18(14)19)26-15(2)21(24)22-13-16-8-10-17(25-3)11-9-16/h4-12,15H,13H2,1-3H3,(H,22,24)/t15-/m1/s1. The van der Waals surface area contributed by atoms with Gasteiger partial charge in [-0.05, 0) is 49.2 Å². The molecule has 0 aliphatic carbocycles. The Kier molecular flexibility index (Phi) is 5.78. The Hall–Kier alpha value is -2.53. The summed E-state index contributed by atoms with van der Waals surface area (Å²) in [5.74, 6) is 0.806. The lowest BCUT2D eigenvalue weighted by Crippen LogP contribution is -2.30. The van der Waals surface area contributed by atoms with E-state index in [9.17, 15) is 4.79 Å². The predicted molar refractivity (Wildman–Crippen MR) is 107 cm³/mol. The Morgan fingerprint density at radius 1 is 1.19 bits per heavy atom. The van der Waals surface area contributed by atoms with Gasteiger partial charge in [0.05, 0.1) is 22.9 Å². The first kappa shape index (κ1) is 18.3. The molecule has 3 aromatic rings. The molecule has 4 nitrogen and oxygen atoms in total. The van der Waals surface area contributed by atoms with E-state index in [1.807, 2.05) is 55.5 Å². The normalized spacial score (nSPS) is 12.0. The van der Waals surface area contributed by atoms with Crippen molar-refractivity contribution in [2.24, 2.45) is 0 Å². The van der Waals surface area contributed by atoms with Crippen molar-refractivity contribution in [3.63, 3.8) is 0 Å². The highest BCUT2D eigenvalue weighted by molar-refractivity contribution is 8.00. The highest BCUT2D eigenvalue weighted by atomic mass is 32.2. The van der Waals surface area contributed by atoms with Crippen molar-refractivity contribution >= 4 is 28.6 Å². The molecular weight excluding hydrogens is 344 g/mol. The van der Waals surface area contributed by atoms with Gasteiger partial charge in [-0.3, -0.25) is 4.79 Å². The summed E-state index contributed by atoms with van der Waals surface area (Å²) < 4.78 is 5.14. The van der Waals surface area contributed by atoms with Gasteiger partial charge in [0, 0.05) is 11.9 Å². The van der Waals surface area contributed by atoms with Crippen molar-refractivity contribution in [2.75, 3.05) is 7.11 Å². The molecule has 0 unspecified atom stereocenters. The van der Waals surface area contributed by atoms with Crippen molar-refractivity contribution in [1.29, 1.82) is 0 Å². The lowest BCUT2D eigenvalue weighted by atomic mass is 10.1. The first-order valence-electron chi connectivity index (χ1n) is 8.50. The van der Waals surface area contributed by atoms with E-state index in [0.29, 0.717) is 6.54 Å². The monoisotopic (exact) mass is 366 g/mol. The van der Waals surface area contributed by atoms with E-state index in [0.717, 1.165) is 27.2 Å². The van der Waals surface area contributed by atoms with Crippen LogP contribution in [0.1, 0.15) is 18.1 Å². The summed E-state index contributed by atoms with van der Waals surface area (Å²) in [6.07, 6.45) is 0. The van der Waals surface area contributed by atoms with Crippen molar-refractivity contribution in [3.05, 3.63) is 65.7 Å². The molecule has 0 aliphatic rings. The smallest absolute Gasteiger partial charge is 0.233 e. The fraction of sp³-hybridized carbons (Fsp3) is 0.238. The number of thioether (sulfide) groups is 1. The lowest BCUT2D eigenvalue weighted by molar-refractivity contribution is -0.120. The molecule has 0 saturated heterocycles. The Balaban J connectivity index is 1.61. The highest BCUT2D eigenvalue weighted by Crippen LogP contribution is 2.26. The number of nitrogens with zero attached hydrogens (tertiary/aromatic N) is 1. The quantitative estimate of drug-likeness (QED) is 0.659. The van der Waals surface area contributed by atoms with Gasteiger partial charge in [-0.15, -0.1) is 0 Å². The van der Waals surface area contributed by atoms with E-state index in [1.165, 1.54) is 17.3 Å². The molecule has 0 spiro atoms. The summed E-state index contributed by atoms with van der Waals surface area (Å²) in [5, 5.41) is 4.77. The maximum atomic E-state index is 12.4.